The molecule has 2 unspecified atom stereocenters. The van der Waals surface area contributed by atoms with Crippen LogP contribution in [0.2, 0.25) is 0 Å². The van der Waals surface area contributed by atoms with Crippen LogP contribution in [0.25, 0.3) is 0 Å². The fourth-order valence-corrected chi connectivity index (χ4v) is 2.99. The summed E-state index contributed by atoms with van der Waals surface area (Å²) in [6.45, 7) is 3.79. The minimum Gasteiger partial charge on any atom is -0.383 e. The van der Waals surface area contributed by atoms with E-state index < -0.39 is 5.60 Å². The van der Waals surface area contributed by atoms with E-state index in [2.05, 4.69) is 15.7 Å². The maximum atomic E-state index is 12.0. The lowest BCUT2D eigenvalue weighted by molar-refractivity contribution is 0.0592. The molecule has 22 heavy (non-hydrogen) atoms. The summed E-state index contributed by atoms with van der Waals surface area (Å²) in [6.07, 6.45) is 4.15. The van der Waals surface area contributed by atoms with Crippen LogP contribution in [0.3, 0.4) is 0 Å². The topological polar surface area (TPSA) is 79.2 Å². The van der Waals surface area contributed by atoms with Crippen molar-refractivity contribution < 1.29 is 9.90 Å². The zero-order chi connectivity index (χ0) is 16.2. The Kier molecular flexibility index (Phi) is 5.20. The second-order valence-electron chi connectivity index (χ2n) is 5.48. The van der Waals surface area contributed by atoms with Crippen LogP contribution < -0.4 is 10.6 Å². The number of hydrogen-bond acceptors (Lipinski definition) is 4. The van der Waals surface area contributed by atoms with Crippen LogP contribution in [0.1, 0.15) is 36.8 Å². The lowest BCUT2D eigenvalue weighted by atomic mass is 10.00. The molecule has 0 aliphatic carbocycles. The third kappa shape index (κ3) is 4.08. The van der Waals surface area contributed by atoms with Gasteiger partial charge in [-0.3, -0.25) is 4.68 Å². The molecule has 0 aromatic carbocycles. The van der Waals surface area contributed by atoms with Gasteiger partial charge in [0.25, 0.3) is 0 Å². The van der Waals surface area contributed by atoms with E-state index in [1.54, 1.807) is 42.4 Å². The number of aryl methyl sites for hydroxylation is 1. The summed E-state index contributed by atoms with van der Waals surface area (Å²) in [7, 11) is 1.78. The van der Waals surface area contributed by atoms with Crippen molar-refractivity contribution in [3.63, 3.8) is 0 Å². The maximum Gasteiger partial charge on any atom is 0.315 e. The number of aromatic nitrogens is 2. The Morgan fingerprint density at radius 2 is 2.36 bits per heavy atom. The molecular weight excluding hydrogens is 300 g/mol. The number of nitrogens with zero attached hydrogens (tertiary/aromatic N) is 2. The van der Waals surface area contributed by atoms with E-state index in [9.17, 15) is 9.90 Å². The minimum absolute atomic E-state index is 0.0108. The van der Waals surface area contributed by atoms with Crippen LogP contribution in [0.4, 0.5) is 4.79 Å². The smallest absolute Gasteiger partial charge is 0.315 e. The van der Waals surface area contributed by atoms with Gasteiger partial charge in [-0.15, -0.1) is 11.3 Å². The molecule has 0 saturated carbocycles. The van der Waals surface area contributed by atoms with Crippen LogP contribution in [0.5, 0.6) is 0 Å². The average Bonchev–Trinajstić information content (AvgIpc) is 3.14. The Morgan fingerprint density at radius 3 is 2.91 bits per heavy atom. The molecule has 3 N–H and O–H groups in total. The van der Waals surface area contributed by atoms with Crippen LogP contribution in [0, 0.1) is 0 Å². The number of hydrogen-bond donors (Lipinski definition) is 3. The molecule has 2 aromatic heterocycles. The van der Waals surface area contributed by atoms with Crippen LogP contribution in [-0.4, -0.2) is 27.5 Å². The van der Waals surface area contributed by atoms with Gasteiger partial charge in [-0.2, -0.15) is 5.10 Å². The Hall–Kier alpha value is -1.86. The average molecular weight is 322 g/mol. The summed E-state index contributed by atoms with van der Waals surface area (Å²) in [4.78, 5) is 13.2. The van der Waals surface area contributed by atoms with Gasteiger partial charge in [0, 0.05) is 23.7 Å². The van der Waals surface area contributed by atoms with Gasteiger partial charge in [0.2, 0.25) is 0 Å². The summed E-state index contributed by atoms with van der Waals surface area (Å²) in [6, 6.07) is 3.67. The number of thiophene rings is 1. The van der Waals surface area contributed by atoms with Crippen molar-refractivity contribution in [2.75, 3.05) is 6.54 Å². The van der Waals surface area contributed by atoms with Crippen LogP contribution >= 0.6 is 11.3 Å². The molecule has 2 atom stereocenters. The molecule has 0 radical (unpaired) electrons. The molecule has 6 nitrogen and oxygen atoms in total. The van der Waals surface area contributed by atoms with E-state index in [4.69, 9.17) is 0 Å². The number of aliphatic hydroxyl groups is 1. The first-order valence-corrected chi connectivity index (χ1v) is 8.09. The Balaban J connectivity index is 1.89. The number of carbonyl (C=O) groups excluding carboxylic acids is 1. The molecule has 2 aromatic rings. The van der Waals surface area contributed by atoms with Gasteiger partial charge in [0.15, 0.2) is 0 Å². The third-order valence-electron chi connectivity index (χ3n) is 3.52. The normalized spacial score (nSPS) is 15.1. The molecule has 2 amide bonds. The zero-order valence-electron chi connectivity index (χ0n) is 13.0. The molecule has 2 rings (SSSR count). The van der Waals surface area contributed by atoms with E-state index in [1.807, 2.05) is 24.4 Å². The summed E-state index contributed by atoms with van der Waals surface area (Å²) >= 11 is 1.62. The third-order valence-corrected chi connectivity index (χ3v) is 4.51. The van der Waals surface area contributed by atoms with Crippen molar-refractivity contribution in [2.45, 2.75) is 31.9 Å². The van der Waals surface area contributed by atoms with Gasteiger partial charge in [0.1, 0.15) is 5.60 Å². The number of carbonyl (C=O) groups is 1. The molecule has 0 spiro atoms. The van der Waals surface area contributed by atoms with Crippen molar-refractivity contribution in [2.24, 2.45) is 7.05 Å². The van der Waals surface area contributed by atoms with E-state index in [1.165, 1.54) is 0 Å². The fourth-order valence-electron chi connectivity index (χ4n) is 2.13. The quantitative estimate of drug-likeness (QED) is 0.762. The Morgan fingerprint density at radius 1 is 1.59 bits per heavy atom. The van der Waals surface area contributed by atoms with Crippen LogP contribution in [0.15, 0.2) is 29.9 Å². The fraction of sp³-hybridized carbons (Fsp3) is 0.467. The number of amides is 2. The van der Waals surface area contributed by atoms with Gasteiger partial charge < -0.3 is 15.7 Å². The maximum absolute atomic E-state index is 12.0. The monoisotopic (exact) mass is 322 g/mol. The number of nitrogens with one attached hydrogen (secondary N) is 2. The largest absolute Gasteiger partial charge is 0.383 e. The summed E-state index contributed by atoms with van der Waals surface area (Å²) in [5, 5.41) is 22.1. The molecule has 120 valence electrons. The summed E-state index contributed by atoms with van der Waals surface area (Å²) < 4.78 is 1.62. The highest BCUT2D eigenvalue weighted by atomic mass is 32.1. The first-order valence-electron chi connectivity index (χ1n) is 7.21. The van der Waals surface area contributed by atoms with Crippen molar-refractivity contribution in [1.29, 1.82) is 0 Å². The standard InChI is InChI=1S/C15H22N4O2S/c1-4-12(13-6-5-7-22-13)18-14(20)16-10-15(2,21)11-8-17-19(3)9-11/h5-9,12,21H,4,10H2,1-3H3,(H2,16,18,20). The van der Waals surface area contributed by atoms with Gasteiger partial charge in [-0.25, -0.2) is 4.79 Å². The first kappa shape index (κ1) is 16.5. The molecule has 0 bridgehead atoms. The summed E-state index contributed by atoms with van der Waals surface area (Å²) in [5.41, 5.74) is -0.489. The van der Waals surface area contributed by atoms with Gasteiger partial charge in [0.05, 0.1) is 18.8 Å². The second kappa shape index (κ2) is 6.93. The lowest BCUT2D eigenvalue weighted by Gasteiger charge is -2.23. The van der Waals surface area contributed by atoms with Crippen LogP contribution in [-0.2, 0) is 12.6 Å². The van der Waals surface area contributed by atoms with Crippen molar-refractivity contribution in [1.82, 2.24) is 20.4 Å². The highest BCUT2D eigenvalue weighted by Gasteiger charge is 2.25. The molecular formula is C15H22N4O2S. The van der Waals surface area contributed by atoms with Gasteiger partial charge >= 0.3 is 6.03 Å². The molecule has 0 aliphatic rings. The van der Waals surface area contributed by atoms with Crippen molar-refractivity contribution in [3.05, 3.63) is 40.3 Å². The zero-order valence-corrected chi connectivity index (χ0v) is 13.9. The van der Waals surface area contributed by atoms with Crippen molar-refractivity contribution in [3.8, 4) is 0 Å². The Bertz CT molecular complexity index is 607. The highest BCUT2D eigenvalue weighted by Crippen LogP contribution is 2.22. The number of rotatable bonds is 6. The van der Waals surface area contributed by atoms with Gasteiger partial charge in [-0.05, 0) is 24.8 Å². The van der Waals surface area contributed by atoms with E-state index in [-0.39, 0.29) is 18.6 Å². The number of urea groups is 1. The predicted molar refractivity (Wildman–Crippen MR) is 86.7 cm³/mol. The lowest BCUT2D eigenvalue weighted by Crippen LogP contribution is -2.44. The highest BCUT2D eigenvalue weighted by molar-refractivity contribution is 7.10. The summed E-state index contributed by atoms with van der Waals surface area (Å²) in [5.74, 6) is 0. The van der Waals surface area contributed by atoms with Crippen molar-refractivity contribution >= 4 is 17.4 Å². The van der Waals surface area contributed by atoms with Gasteiger partial charge in [-0.1, -0.05) is 13.0 Å². The molecule has 7 heteroatoms. The predicted octanol–water partition coefficient (Wildman–Crippen LogP) is 2.14. The first-order chi connectivity index (χ1) is 10.4. The molecule has 0 saturated heterocycles. The second-order valence-corrected chi connectivity index (χ2v) is 6.46. The van der Waals surface area contributed by atoms with E-state index in [0.29, 0.717) is 5.56 Å². The van der Waals surface area contributed by atoms with E-state index in [0.717, 1.165) is 11.3 Å². The Labute approximate surface area is 134 Å². The molecule has 0 aliphatic heterocycles. The molecule has 2 heterocycles. The molecule has 0 fully saturated rings. The minimum atomic E-state index is -1.16. The SMILES string of the molecule is CCC(NC(=O)NCC(C)(O)c1cnn(C)c1)c1cccs1. The van der Waals surface area contributed by atoms with E-state index >= 15 is 0 Å².